The van der Waals surface area contributed by atoms with Crippen LogP contribution in [0, 0.1) is 13.8 Å². The zero-order chi connectivity index (χ0) is 18.1. The summed E-state index contributed by atoms with van der Waals surface area (Å²) >= 11 is 0. The molecule has 0 atom stereocenters. The third-order valence-corrected chi connectivity index (χ3v) is 4.33. The lowest BCUT2D eigenvalue weighted by atomic mass is 9.96. The number of hydrogen-bond acceptors (Lipinski definition) is 4. The van der Waals surface area contributed by atoms with Crippen LogP contribution in [0.3, 0.4) is 0 Å². The van der Waals surface area contributed by atoms with Crippen molar-refractivity contribution >= 4 is 0 Å². The molecule has 0 bridgehead atoms. The number of hydrogen-bond donors (Lipinski definition) is 0. The smallest absolute Gasteiger partial charge is 0.353 e. The zero-order valence-electron chi connectivity index (χ0n) is 15.2. The summed E-state index contributed by atoms with van der Waals surface area (Å²) in [5.41, 5.74) is 6.07. The van der Waals surface area contributed by atoms with Gasteiger partial charge in [-0.3, -0.25) is 4.98 Å². The Morgan fingerprint density at radius 3 is 2.44 bits per heavy atom. The summed E-state index contributed by atoms with van der Waals surface area (Å²) in [5, 5.41) is 4.07. The number of methoxy groups -OCH3 is 1. The van der Waals surface area contributed by atoms with Crippen LogP contribution in [0.4, 0.5) is 0 Å². The maximum absolute atomic E-state index is 12.3. The first-order valence-electron chi connectivity index (χ1n) is 8.24. The zero-order valence-corrected chi connectivity index (χ0v) is 15.2. The second kappa shape index (κ2) is 6.55. The number of aryl methyl sites for hydroxylation is 3. The van der Waals surface area contributed by atoms with Crippen LogP contribution in [0.25, 0.3) is 16.8 Å². The Labute approximate surface area is 146 Å². The van der Waals surface area contributed by atoms with Gasteiger partial charge in [0.2, 0.25) is 0 Å². The van der Waals surface area contributed by atoms with Gasteiger partial charge in [0, 0.05) is 18.4 Å². The summed E-state index contributed by atoms with van der Waals surface area (Å²) in [6.07, 6.45) is 0.923. The number of aromatic nitrogens is 4. The molecular formula is C19H22N4O2. The third-order valence-electron chi connectivity index (χ3n) is 4.33. The molecule has 1 aromatic carbocycles. The average Bonchev–Trinajstić information content (AvgIpc) is 2.89. The standard InChI is InChI=1S/C19H22N4O2/c1-6-16-13(3)20-12(2)11-17(16)14-7-9-15(10-8-14)23-18(25-5)21-22(4)19(23)24/h7-11H,6H2,1-5H3. The quantitative estimate of drug-likeness (QED) is 0.734. The lowest BCUT2D eigenvalue weighted by molar-refractivity contribution is 0.368. The van der Waals surface area contributed by atoms with Gasteiger partial charge in [-0.1, -0.05) is 19.1 Å². The molecular weight excluding hydrogens is 316 g/mol. The summed E-state index contributed by atoms with van der Waals surface area (Å²) in [4.78, 5) is 16.8. The van der Waals surface area contributed by atoms with Crippen molar-refractivity contribution < 1.29 is 4.74 Å². The highest BCUT2D eigenvalue weighted by atomic mass is 16.5. The van der Waals surface area contributed by atoms with E-state index in [4.69, 9.17) is 4.74 Å². The van der Waals surface area contributed by atoms with E-state index in [1.54, 1.807) is 7.05 Å². The van der Waals surface area contributed by atoms with E-state index in [9.17, 15) is 4.79 Å². The van der Waals surface area contributed by atoms with Crippen molar-refractivity contribution in [2.75, 3.05) is 7.11 Å². The lowest BCUT2D eigenvalue weighted by Crippen LogP contribution is -2.21. The molecule has 2 aromatic heterocycles. The van der Waals surface area contributed by atoms with Gasteiger partial charge in [-0.2, -0.15) is 0 Å². The first kappa shape index (κ1) is 17.0. The van der Waals surface area contributed by atoms with Crippen molar-refractivity contribution in [3.63, 3.8) is 0 Å². The molecule has 130 valence electrons. The summed E-state index contributed by atoms with van der Waals surface area (Å²) < 4.78 is 7.92. The van der Waals surface area contributed by atoms with Crippen molar-refractivity contribution in [1.29, 1.82) is 0 Å². The SMILES string of the molecule is CCc1c(-c2ccc(-n3c(OC)nn(C)c3=O)cc2)cc(C)nc1C. The van der Waals surface area contributed by atoms with Crippen LogP contribution in [-0.2, 0) is 13.5 Å². The molecule has 2 heterocycles. The van der Waals surface area contributed by atoms with E-state index in [1.165, 1.54) is 27.5 Å². The summed E-state index contributed by atoms with van der Waals surface area (Å²) in [6, 6.07) is 10.2. The Balaban J connectivity index is 2.10. The van der Waals surface area contributed by atoms with E-state index in [0.717, 1.165) is 29.1 Å². The van der Waals surface area contributed by atoms with Crippen LogP contribution >= 0.6 is 0 Å². The molecule has 25 heavy (non-hydrogen) atoms. The molecule has 6 heteroatoms. The van der Waals surface area contributed by atoms with E-state index in [-0.39, 0.29) is 11.7 Å². The maximum atomic E-state index is 12.3. The molecule has 0 aliphatic heterocycles. The molecule has 0 saturated heterocycles. The Kier molecular flexibility index (Phi) is 4.44. The Morgan fingerprint density at radius 1 is 1.16 bits per heavy atom. The van der Waals surface area contributed by atoms with Crippen LogP contribution in [0.5, 0.6) is 6.01 Å². The van der Waals surface area contributed by atoms with E-state index in [0.29, 0.717) is 0 Å². The monoisotopic (exact) mass is 338 g/mol. The number of rotatable bonds is 4. The fraction of sp³-hybridized carbons (Fsp3) is 0.316. The molecule has 0 amide bonds. The van der Waals surface area contributed by atoms with Gasteiger partial charge in [-0.15, -0.1) is 5.10 Å². The van der Waals surface area contributed by atoms with Crippen LogP contribution in [0.2, 0.25) is 0 Å². The average molecular weight is 338 g/mol. The van der Waals surface area contributed by atoms with E-state index in [2.05, 4.69) is 23.1 Å². The molecule has 3 rings (SSSR count). The van der Waals surface area contributed by atoms with Gasteiger partial charge < -0.3 is 4.74 Å². The summed E-state index contributed by atoms with van der Waals surface area (Å²) in [6.45, 7) is 6.19. The molecule has 0 radical (unpaired) electrons. The van der Waals surface area contributed by atoms with Crippen molar-refractivity contribution in [2.24, 2.45) is 7.05 Å². The molecule has 0 N–H and O–H groups in total. The number of benzene rings is 1. The van der Waals surface area contributed by atoms with Crippen molar-refractivity contribution in [2.45, 2.75) is 27.2 Å². The summed E-state index contributed by atoms with van der Waals surface area (Å²) in [7, 11) is 3.11. The predicted octanol–water partition coefficient (Wildman–Crippen LogP) is 2.82. The van der Waals surface area contributed by atoms with Crippen LogP contribution in [0.15, 0.2) is 35.1 Å². The van der Waals surface area contributed by atoms with Gasteiger partial charge in [0.25, 0.3) is 0 Å². The number of nitrogens with zero attached hydrogens (tertiary/aromatic N) is 4. The highest BCUT2D eigenvalue weighted by molar-refractivity contribution is 5.69. The van der Waals surface area contributed by atoms with Crippen LogP contribution in [-0.4, -0.2) is 26.4 Å². The van der Waals surface area contributed by atoms with Gasteiger partial charge in [-0.05, 0) is 55.2 Å². The van der Waals surface area contributed by atoms with E-state index >= 15 is 0 Å². The highest BCUT2D eigenvalue weighted by Crippen LogP contribution is 2.28. The molecule has 3 aromatic rings. The van der Waals surface area contributed by atoms with Crippen LogP contribution < -0.4 is 10.4 Å². The minimum atomic E-state index is -0.241. The van der Waals surface area contributed by atoms with Gasteiger partial charge in [-0.25, -0.2) is 14.0 Å². The lowest BCUT2D eigenvalue weighted by Gasteiger charge is -2.13. The minimum Gasteiger partial charge on any atom is -0.467 e. The first-order valence-corrected chi connectivity index (χ1v) is 8.24. The Hall–Kier alpha value is -2.89. The van der Waals surface area contributed by atoms with Crippen LogP contribution in [0.1, 0.15) is 23.9 Å². The van der Waals surface area contributed by atoms with Gasteiger partial charge in [0.05, 0.1) is 12.8 Å². The van der Waals surface area contributed by atoms with Crippen molar-refractivity contribution in [3.05, 3.63) is 57.8 Å². The summed E-state index contributed by atoms with van der Waals surface area (Å²) in [5.74, 6) is 0. The predicted molar refractivity (Wildman–Crippen MR) is 97.4 cm³/mol. The second-order valence-corrected chi connectivity index (χ2v) is 6.00. The Morgan fingerprint density at radius 2 is 1.84 bits per heavy atom. The fourth-order valence-electron chi connectivity index (χ4n) is 3.14. The maximum Gasteiger partial charge on any atom is 0.353 e. The molecule has 0 aliphatic carbocycles. The first-order chi connectivity index (χ1) is 12.0. The van der Waals surface area contributed by atoms with E-state index in [1.807, 2.05) is 38.1 Å². The second-order valence-electron chi connectivity index (χ2n) is 6.00. The normalized spacial score (nSPS) is 10.9. The highest BCUT2D eigenvalue weighted by Gasteiger charge is 2.14. The molecule has 0 saturated carbocycles. The number of pyridine rings is 1. The van der Waals surface area contributed by atoms with Gasteiger partial charge >= 0.3 is 11.7 Å². The van der Waals surface area contributed by atoms with Crippen molar-refractivity contribution in [1.82, 2.24) is 19.3 Å². The molecule has 6 nitrogen and oxygen atoms in total. The molecule has 0 aliphatic rings. The Bertz CT molecular complexity index is 968. The number of ether oxygens (including phenoxy) is 1. The van der Waals surface area contributed by atoms with Gasteiger partial charge in [0.1, 0.15) is 0 Å². The topological polar surface area (TPSA) is 61.9 Å². The van der Waals surface area contributed by atoms with Crippen molar-refractivity contribution in [3.8, 4) is 22.8 Å². The minimum absolute atomic E-state index is 0.241. The molecule has 0 fully saturated rings. The van der Waals surface area contributed by atoms with Gasteiger partial charge in [0.15, 0.2) is 0 Å². The largest absolute Gasteiger partial charge is 0.467 e. The van der Waals surface area contributed by atoms with E-state index < -0.39 is 0 Å². The molecule has 0 spiro atoms. The molecule has 0 unspecified atom stereocenters. The fourth-order valence-corrected chi connectivity index (χ4v) is 3.14. The third kappa shape index (κ3) is 2.95.